The monoisotopic (exact) mass is 231 g/mol. The van der Waals surface area contributed by atoms with E-state index in [9.17, 15) is 4.39 Å². The lowest BCUT2D eigenvalue weighted by Gasteiger charge is -2.03. The first kappa shape index (κ1) is 5.70. The van der Waals surface area contributed by atoms with Crippen LogP contribution in [0, 0.1) is 5.82 Å². The molecule has 0 saturated carbocycles. The van der Waals surface area contributed by atoms with E-state index >= 15 is 0 Å². The van der Waals surface area contributed by atoms with Gasteiger partial charge in [-0.25, -0.2) is 9.38 Å². The van der Waals surface area contributed by atoms with Crippen LogP contribution in [0.2, 0.25) is 0 Å². The highest BCUT2D eigenvalue weighted by Crippen LogP contribution is 2.02. The van der Waals surface area contributed by atoms with Crippen LogP contribution < -0.4 is 10.6 Å². The van der Waals surface area contributed by atoms with Gasteiger partial charge in [0, 0.05) is 4.47 Å². The van der Waals surface area contributed by atoms with Gasteiger partial charge in [0.25, 0.3) is 0 Å². The maximum absolute atomic E-state index is 13.2. The Bertz CT molecular complexity index is 505. The Balaban J connectivity index is 2.94. The highest BCUT2D eigenvalue weighted by molar-refractivity contribution is 9.10. The van der Waals surface area contributed by atoms with Gasteiger partial charge in [-0.15, -0.1) is 0 Å². The first-order valence-corrected chi connectivity index (χ1v) is 4.00. The van der Waals surface area contributed by atoms with Crippen LogP contribution in [-0.4, -0.2) is 6.71 Å². The van der Waals surface area contributed by atoms with E-state index in [1.807, 2.05) is 0 Å². The molecule has 1 atom stereocenters. The zero-order chi connectivity index (χ0) is 10.3. The number of halogens is 2. The highest BCUT2D eigenvalue weighted by Gasteiger charge is 2.03. The normalized spacial score (nSPS) is 23.2. The molecule has 4 heteroatoms. The number of rotatable bonds is 0. The minimum Gasteiger partial charge on any atom is -0.478 e. The lowest BCUT2D eigenvalue weighted by molar-refractivity contribution is 0.294. The van der Waals surface area contributed by atoms with Gasteiger partial charge in [0.15, 0.2) is 6.71 Å². The third-order valence-electron chi connectivity index (χ3n) is 1.47. The lowest BCUT2D eigenvalue weighted by Crippen LogP contribution is -2.32. The Hall–Kier alpha value is -0.900. The maximum Gasteiger partial charge on any atom is 0.179 e. The molecule has 0 fully saturated rings. The average molecular weight is 232 g/mol. The Labute approximate surface area is 79.3 Å². The maximum atomic E-state index is 13.2. The predicted molar refractivity (Wildman–Crippen MR) is 45.3 cm³/mol. The van der Waals surface area contributed by atoms with Crippen molar-refractivity contribution in [3.05, 3.63) is 33.0 Å². The van der Waals surface area contributed by atoms with Crippen molar-refractivity contribution in [2.45, 2.75) is 0 Å². The summed E-state index contributed by atoms with van der Waals surface area (Å²) < 4.78 is 33.1. The minimum atomic E-state index is -1.25. The van der Waals surface area contributed by atoms with E-state index < -0.39 is 12.5 Å². The molecule has 0 radical (unpaired) electrons. The van der Waals surface area contributed by atoms with E-state index in [-0.39, 0.29) is 16.8 Å². The Morgan fingerprint density at radius 2 is 2.58 bits per heavy atom. The molecule has 0 amide bonds. The average Bonchev–Trinajstić information content (AvgIpc) is 2.10. The number of nitrogens with zero attached hydrogens (tertiary/aromatic N) is 1. The zero-order valence-electron chi connectivity index (χ0n) is 7.84. The van der Waals surface area contributed by atoms with Crippen molar-refractivity contribution in [2.24, 2.45) is 4.99 Å². The minimum absolute atomic E-state index is 0.00984. The van der Waals surface area contributed by atoms with Crippen LogP contribution in [0.1, 0.15) is 2.74 Å². The van der Waals surface area contributed by atoms with Gasteiger partial charge in [-0.1, -0.05) is 0 Å². The van der Waals surface area contributed by atoms with Crippen LogP contribution in [0.25, 0.3) is 6.24 Å². The smallest absolute Gasteiger partial charge is 0.179 e. The number of hydrogen-bond acceptors (Lipinski definition) is 2. The summed E-state index contributed by atoms with van der Waals surface area (Å²) in [6, 6.07) is 2.71. The predicted octanol–water partition coefficient (Wildman–Crippen LogP) is 0.934. The number of benzene rings is 1. The van der Waals surface area contributed by atoms with Crippen molar-refractivity contribution in [3.63, 3.8) is 0 Å². The third kappa shape index (κ3) is 1.12. The summed E-state index contributed by atoms with van der Waals surface area (Å²) in [5.41, 5.74) is 0. The molecule has 2 nitrogen and oxygen atoms in total. The fourth-order valence-electron chi connectivity index (χ4n) is 0.929. The Morgan fingerprint density at radius 3 is 3.42 bits per heavy atom. The molecular formula is C8H5BrFNO. The molecule has 1 aliphatic rings. The van der Waals surface area contributed by atoms with E-state index in [0.29, 0.717) is 4.47 Å². The summed E-state index contributed by atoms with van der Waals surface area (Å²) >= 11 is 3.17. The molecule has 12 heavy (non-hydrogen) atoms. The van der Waals surface area contributed by atoms with Crippen LogP contribution in [-0.2, 0) is 4.74 Å². The molecule has 0 spiro atoms. The molecule has 0 aliphatic carbocycles. The van der Waals surface area contributed by atoms with E-state index in [2.05, 4.69) is 20.9 Å². The van der Waals surface area contributed by atoms with Crippen LogP contribution in [0.3, 0.4) is 0 Å². The number of ether oxygens (including phenoxy) is 1. The Morgan fingerprint density at radius 1 is 1.75 bits per heavy atom. The lowest BCUT2D eigenvalue weighted by atomic mass is 10.3. The summed E-state index contributed by atoms with van der Waals surface area (Å²) in [7, 11) is 0. The summed E-state index contributed by atoms with van der Waals surface area (Å²) in [5, 5.41) is 0.268. The van der Waals surface area contributed by atoms with Gasteiger partial charge < -0.3 is 4.74 Å². The zero-order valence-corrected chi connectivity index (χ0v) is 7.43. The van der Waals surface area contributed by atoms with Gasteiger partial charge in [0.05, 0.1) is 12.8 Å². The van der Waals surface area contributed by atoms with Crippen molar-refractivity contribution in [2.75, 3.05) is 6.71 Å². The number of hydrogen-bond donors (Lipinski definition) is 0. The highest BCUT2D eigenvalue weighted by atomic mass is 79.9. The SMILES string of the molecule is [2H]C1=c2c(Br)ccc(F)c2=NC([2H])O1. The van der Waals surface area contributed by atoms with Crippen molar-refractivity contribution in [1.29, 1.82) is 0 Å². The summed E-state index contributed by atoms with van der Waals surface area (Å²) in [5.74, 6) is -0.548. The van der Waals surface area contributed by atoms with E-state index in [4.69, 9.17) is 7.48 Å². The molecule has 1 aliphatic heterocycles. The molecule has 1 unspecified atom stereocenters. The third-order valence-corrected chi connectivity index (χ3v) is 2.13. The molecular weight excluding hydrogens is 225 g/mol. The van der Waals surface area contributed by atoms with E-state index in [1.54, 1.807) is 0 Å². The van der Waals surface area contributed by atoms with Crippen LogP contribution >= 0.6 is 15.9 Å². The fraction of sp³-hybridized carbons (Fsp3) is 0.125. The second-order valence-electron chi connectivity index (χ2n) is 2.21. The van der Waals surface area contributed by atoms with Gasteiger partial charge in [0.1, 0.15) is 12.5 Å². The summed E-state index contributed by atoms with van der Waals surface area (Å²) in [4.78, 5) is 3.66. The van der Waals surface area contributed by atoms with Crippen LogP contribution in [0.4, 0.5) is 4.39 Å². The van der Waals surface area contributed by atoms with Crippen molar-refractivity contribution >= 4 is 22.2 Å². The van der Waals surface area contributed by atoms with Crippen LogP contribution in [0.5, 0.6) is 0 Å². The van der Waals surface area contributed by atoms with Crippen molar-refractivity contribution < 1.29 is 11.9 Å². The van der Waals surface area contributed by atoms with E-state index in [0.717, 1.165) is 0 Å². The molecule has 1 aromatic carbocycles. The molecule has 0 N–H and O–H groups in total. The molecule has 1 heterocycles. The first-order valence-electron chi connectivity index (χ1n) is 4.29. The van der Waals surface area contributed by atoms with Gasteiger partial charge in [-0.05, 0) is 28.1 Å². The summed E-state index contributed by atoms with van der Waals surface area (Å²) in [6.45, 7) is -1.25. The largest absolute Gasteiger partial charge is 0.478 e. The van der Waals surface area contributed by atoms with Crippen LogP contribution in [0.15, 0.2) is 21.6 Å². The molecule has 1 aromatic rings. The number of fused-ring (bicyclic) bond motifs is 1. The van der Waals surface area contributed by atoms with Gasteiger partial charge in [-0.2, -0.15) is 0 Å². The molecule has 0 aromatic heterocycles. The topological polar surface area (TPSA) is 21.6 Å². The molecule has 62 valence electrons. The second-order valence-corrected chi connectivity index (χ2v) is 3.06. The Kier molecular flexibility index (Phi) is 1.36. The summed E-state index contributed by atoms with van der Waals surface area (Å²) in [6.07, 6.45) is -0.235. The van der Waals surface area contributed by atoms with Gasteiger partial charge in [0.2, 0.25) is 0 Å². The fourth-order valence-corrected chi connectivity index (χ4v) is 1.33. The standard InChI is InChI=1S/C8H5BrFNO/c9-6-1-2-7(10)8-5(6)3-12-4-11-8/h1-3H,4H2/i3D,4D. The quantitative estimate of drug-likeness (QED) is 0.652. The van der Waals surface area contributed by atoms with Gasteiger partial charge >= 0.3 is 0 Å². The molecule has 2 rings (SSSR count). The van der Waals surface area contributed by atoms with Gasteiger partial charge in [-0.3, -0.25) is 0 Å². The molecule has 0 saturated heterocycles. The van der Waals surface area contributed by atoms with Crippen molar-refractivity contribution in [3.8, 4) is 0 Å². The van der Waals surface area contributed by atoms with E-state index in [1.165, 1.54) is 12.1 Å². The van der Waals surface area contributed by atoms with Crippen molar-refractivity contribution in [1.82, 2.24) is 0 Å². The second kappa shape index (κ2) is 2.86. The first-order chi connectivity index (χ1) is 6.59. The molecule has 0 bridgehead atoms.